The van der Waals surface area contributed by atoms with E-state index in [4.69, 9.17) is 10.5 Å². The van der Waals surface area contributed by atoms with Crippen molar-refractivity contribution < 1.29 is 75.8 Å². The van der Waals surface area contributed by atoms with Crippen LogP contribution in [0.15, 0.2) is 42.5 Å². The van der Waals surface area contributed by atoms with Crippen molar-refractivity contribution in [2.75, 3.05) is 33.3 Å². The summed E-state index contributed by atoms with van der Waals surface area (Å²) >= 11 is 0.850. The first-order chi connectivity index (χ1) is 40.0. The number of primary amides is 1. The van der Waals surface area contributed by atoms with Crippen LogP contribution < -0.4 is 27.0 Å². The van der Waals surface area contributed by atoms with Crippen molar-refractivity contribution in [3.8, 4) is 11.8 Å². The van der Waals surface area contributed by atoms with Gasteiger partial charge in [-0.05, 0) is 117 Å². The van der Waals surface area contributed by atoms with Crippen molar-refractivity contribution in [2.24, 2.45) is 17.6 Å². The average Bonchev–Trinajstić information content (AvgIpc) is 4.30. The standard InChI is InChI=1S/C57H68F2N9O14PS/c1-82-56(78)66-27-24-37-15-17-43(68(37)54(76)41(31-66)62-52(74)45-29-35-28-36(14-19-44(35)84-45)57(58,59)83(79,80)81)51(73)61-40(16-20-46(60)69)49(71)64-48(34-10-3-2-4-11-34)55(77)65-25-22-32(23-26-65)8-5-6-9-33-12-7-13-38-39(33)30-67(53(38)75)42-18-21-47(70)63-50(42)72/h7,12-14,19,28-29,32,34,37,40-43,48H,2-5,8,10-11,15-18,20-27,30-31H2,1H3,(H2,60,69)(H,61,73)(H,62,74)(H,64,71)(H,63,70,72)(H2,79,80,81)/t37-,40+,41+,42?,43+,48+/m1/s1. The molecule has 6 heterocycles. The molecule has 1 unspecified atom stereocenters. The van der Waals surface area contributed by atoms with Gasteiger partial charge in [0.1, 0.15) is 30.2 Å². The number of ether oxygens (including phenoxy) is 1. The van der Waals surface area contributed by atoms with Crippen LogP contribution in [0.2, 0.25) is 0 Å². The number of nitrogens with two attached hydrogens (primary N) is 1. The Balaban J connectivity index is 0.844. The molecule has 1 aliphatic carbocycles. The van der Waals surface area contributed by atoms with Crippen LogP contribution in [0.3, 0.4) is 0 Å². The van der Waals surface area contributed by atoms with Gasteiger partial charge in [0, 0.05) is 72.9 Å². The van der Waals surface area contributed by atoms with Gasteiger partial charge in [-0.3, -0.25) is 53.0 Å². The number of piperidine rings is 2. The molecule has 450 valence electrons. The van der Waals surface area contributed by atoms with Crippen LogP contribution in [0.25, 0.3) is 10.1 Å². The molecule has 2 aromatic carbocycles. The summed E-state index contributed by atoms with van der Waals surface area (Å²) in [5, 5.41) is 10.7. The maximum Gasteiger partial charge on any atom is 0.409 e. The fourth-order valence-electron chi connectivity index (χ4n) is 12.5. The number of methoxy groups -OCH3 is 1. The minimum absolute atomic E-state index is 0.0478. The lowest BCUT2D eigenvalue weighted by molar-refractivity contribution is -0.144. The lowest BCUT2D eigenvalue weighted by Gasteiger charge is -2.39. The van der Waals surface area contributed by atoms with E-state index in [0.717, 1.165) is 61.8 Å². The van der Waals surface area contributed by atoms with Gasteiger partial charge in [-0.2, -0.15) is 8.78 Å². The number of benzene rings is 2. The second kappa shape index (κ2) is 25.9. The van der Waals surface area contributed by atoms with Crippen LogP contribution in [0.4, 0.5) is 13.6 Å². The highest BCUT2D eigenvalue weighted by Gasteiger charge is 2.51. The Bertz CT molecular complexity index is 3240. The molecule has 27 heteroatoms. The lowest BCUT2D eigenvalue weighted by atomic mass is 9.82. The minimum atomic E-state index is -5.91. The number of hydrogen-bond donors (Lipinski definition) is 7. The number of fused-ring (bicyclic) bond motifs is 3. The first-order valence-electron chi connectivity index (χ1n) is 28.4. The molecule has 5 aliphatic heterocycles. The number of likely N-dealkylation sites (tertiary alicyclic amines) is 1. The number of nitrogens with zero attached hydrogens (tertiary/aromatic N) is 4. The number of carbonyl (C=O) groups is 10. The fourth-order valence-corrected chi connectivity index (χ4v) is 13.9. The summed E-state index contributed by atoms with van der Waals surface area (Å²) in [6.45, 7) is 0.728. The number of carbonyl (C=O) groups excluding carboxylic acids is 10. The number of halogens is 2. The molecular weight excluding hydrogens is 1140 g/mol. The van der Waals surface area contributed by atoms with Gasteiger partial charge in [0.2, 0.25) is 41.4 Å². The minimum Gasteiger partial charge on any atom is -0.453 e. The topological polar surface area (TPSA) is 325 Å². The van der Waals surface area contributed by atoms with E-state index in [9.17, 15) is 71.1 Å². The molecule has 1 saturated carbocycles. The van der Waals surface area contributed by atoms with Gasteiger partial charge in [0.05, 0.1) is 18.5 Å². The summed E-state index contributed by atoms with van der Waals surface area (Å²) < 4.78 is 46.1. The molecule has 6 atom stereocenters. The van der Waals surface area contributed by atoms with Crippen LogP contribution in [0.1, 0.15) is 139 Å². The van der Waals surface area contributed by atoms with E-state index in [1.165, 1.54) is 26.8 Å². The van der Waals surface area contributed by atoms with Crippen molar-refractivity contribution in [3.05, 3.63) is 69.6 Å². The van der Waals surface area contributed by atoms with Crippen LogP contribution in [-0.4, -0.2) is 158 Å². The third-order valence-electron chi connectivity index (χ3n) is 17.1. The van der Waals surface area contributed by atoms with Gasteiger partial charge in [0.25, 0.3) is 11.8 Å². The lowest BCUT2D eigenvalue weighted by Crippen LogP contribution is -2.62. The molecule has 23 nitrogen and oxygen atoms in total. The van der Waals surface area contributed by atoms with E-state index >= 15 is 0 Å². The normalized spacial score (nSPS) is 22.4. The van der Waals surface area contributed by atoms with Gasteiger partial charge in [0.15, 0.2) is 0 Å². The molecule has 0 radical (unpaired) electrons. The van der Waals surface area contributed by atoms with E-state index in [0.29, 0.717) is 61.0 Å². The van der Waals surface area contributed by atoms with Crippen molar-refractivity contribution in [2.45, 2.75) is 151 Å². The number of alkyl halides is 2. The summed E-state index contributed by atoms with van der Waals surface area (Å²) in [5.41, 5.74) is 2.00. The quantitative estimate of drug-likeness (QED) is 0.0611. The summed E-state index contributed by atoms with van der Waals surface area (Å²) in [5.74, 6) is 1.33. The zero-order valence-electron chi connectivity index (χ0n) is 46.3. The highest BCUT2D eigenvalue weighted by atomic mass is 32.1. The van der Waals surface area contributed by atoms with Crippen molar-refractivity contribution in [3.63, 3.8) is 0 Å². The van der Waals surface area contributed by atoms with Crippen molar-refractivity contribution >= 4 is 88.3 Å². The Morgan fingerprint density at radius 2 is 1.65 bits per heavy atom. The van der Waals surface area contributed by atoms with E-state index in [1.807, 2.05) is 6.07 Å². The predicted octanol–water partition coefficient (Wildman–Crippen LogP) is 3.71. The Morgan fingerprint density at radius 3 is 2.36 bits per heavy atom. The number of imide groups is 1. The fraction of sp³-hybridized carbons (Fsp3) is 0.544. The third-order valence-corrected chi connectivity index (χ3v) is 19.2. The average molecular weight is 1200 g/mol. The molecule has 3 aromatic rings. The molecule has 10 amide bonds. The summed E-state index contributed by atoms with van der Waals surface area (Å²) in [7, 11) is -4.76. The van der Waals surface area contributed by atoms with Gasteiger partial charge >= 0.3 is 19.4 Å². The number of hydrogen-bond acceptors (Lipinski definition) is 13. The second-order valence-corrected chi connectivity index (χ2v) is 25.2. The first-order valence-corrected chi connectivity index (χ1v) is 30.8. The van der Waals surface area contributed by atoms with Crippen molar-refractivity contribution in [1.82, 2.24) is 40.9 Å². The molecule has 6 aliphatic rings. The summed E-state index contributed by atoms with van der Waals surface area (Å²) in [6.07, 6.45) is 6.36. The highest BCUT2D eigenvalue weighted by molar-refractivity contribution is 7.52. The molecule has 0 spiro atoms. The van der Waals surface area contributed by atoms with Crippen LogP contribution in [0.5, 0.6) is 0 Å². The molecule has 8 N–H and O–H groups in total. The Labute approximate surface area is 486 Å². The van der Waals surface area contributed by atoms with Crippen LogP contribution >= 0.6 is 18.9 Å². The molecule has 5 fully saturated rings. The highest BCUT2D eigenvalue weighted by Crippen LogP contribution is 2.59. The summed E-state index contributed by atoms with van der Waals surface area (Å²) in [6, 6.07) is 3.03. The van der Waals surface area contributed by atoms with E-state index in [1.54, 1.807) is 17.0 Å². The maximum absolute atomic E-state index is 14.8. The number of rotatable bonds is 16. The monoisotopic (exact) mass is 1200 g/mol. The Morgan fingerprint density at radius 1 is 0.917 bits per heavy atom. The van der Waals surface area contributed by atoms with Gasteiger partial charge in [-0.25, -0.2) is 4.79 Å². The van der Waals surface area contributed by atoms with Crippen LogP contribution in [-0.2, 0) is 55.1 Å². The van der Waals surface area contributed by atoms with E-state index in [2.05, 4.69) is 33.1 Å². The molecule has 4 saturated heterocycles. The molecule has 9 rings (SSSR count). The Kier molecular flexibility index (Phi) is 18.9. The maximum atomic E-state index is 14.8. The van der Waals surface area contributed by atoms with Gasteiger partial charge < -0.3 is 55.8 Å². The molecule has 1 aromatic heterocycles. The third kappa shape index (κ3) is 13.4. The Hall–Kier alpha value is -7.33. The SMILES string of the molecule is COC(=O)N1CC[C@H]2CC[C@@H](C(=O)N[C@@H](CCC(N)=O)C(=O)N[C@H](C(=O)N3CCC(CCC#Cc4cccc5c4CN(C4CCC(=O)NC4=O)C5=O)CC3)C3CCCCC3)N2C(=O)[C@@H](NC(=O)c2cc3cc(C(F)(F)P(=O)(O)O)ccc3s2)C1. The van der Waals surface area contributed by atoms with E-state index < -0.39 is 103 Å². The molecular formula is C57H68F2N9O14PS. The number of thiophene rings is 1. The predicted molar refractivity (Wildman–Crippen MR) is 298 cm³/mol. The number of amides is 10. The zero-order valence-corrected chi connectivity index (χ0v) is 48.0. The van der Waals surface area contributed by atoms with Gasteiger partial charge in [-0.1, -0.05) is 43.2 Å². The molecule has 0 bridgehead atoms. The van der Waals surface area contributed by atoms with Crippen LogP contribution in [0, 0.1) is 23.7 Å². The largest absolute Gasteiger partial charge is 0.453 e. The zero-order chi connectivity index (χ0) is 60.2. The molecule has 84 heavy (non-hydrogen) atoms. The van der Waals surface area contributed by atoms with E-state index in [-0.39, 0.29) is 97.9 Å². The van der Waals surface area contributed by atoms with Crippen molar-refractivity contribution in [1.29, 1.82) is 0 Å². The summed E-state index contributed by atoms with van der Waals surface area (Å²) in [4.78, 5) is 160. The second-order valence-electron chi connectivity index (χ2n) is 22.5. The first kappa shape index (κ1) is 61.2. The number of nitrogens with one attached hydrogen (secondary N) is 4. The van der Waals surface area contributed by atoms with Gasteiger partial charge in [-0.15, -0.1) is 11.3 Å². The smallest absolute Gasteiger partial charge is 0.409 e.